The van der Waals surface area contributed by atoms with E-state index in [9.17, 15) is 23.2 Å². The Morgan fingerprint density at radius 3 is 2.47 bits per heavy atom. The molecule has 0 radical (unpaired) electrons. The third-order valence-corrected chi connectivity index (χ3v) is 5.16. The van der Waals surface area contributed by atoms with E-state index in [0.29, 0.717) is 17.1 Å². The van der Waals surface area contributed by atoms with E-state index < -0.39 is 35.1 Å². The van der Waals surface area contributed by atoms with Crippen molar-refractivity contribution in [2.24, 2.45) is 17.8 Å². The summed E-state index contributed by atoms with van der Waals surface area (Å²) in [6, 6.07) is 17.4. The molecule has 30 heavy (non-hydrogen) atoms. The van der Waals surface area contributed by atoms with Crippen LogP contribution in [0.4, 0.5) is 13.2 Å². The molecular formula is C22H17ClF3NO3. The lowest BCUT2D eigenvalue weighted by Crippen LogP contribution is -2.13. The Bertz CT molecular complexity index is 985. The molecule has 0 amide bonds. The number of hydrogen-bond acceptors (Lipinski definition) is 4. The molecule has 4 nitrogen and oxygen atoms in total. The monoisotopic (exact) mass is 435 g/mol. The summed E-state index contributed by atoms with van der Waals surface area (Å²) < 4.78 is 48.8. The lowest BCUT2D eigenvalue weighted by molar-refractivity contribution is -0.149. The molecule has 0 bridgehead atoms. The first-order chi connectivity index (χ1) is 14.2. The van der Waals surface area contributed by atoms with Crippen LogP contribution >= 0.6 is 11.6 Å². The normalized spacial score (nSPS) is 22.0. The van der Waals surface area contributed by atoms with Crippen LogP contribution in [0.1, 0.15) is 18.6 Å². The van der Waals surface area contributed by atoms with Crippen LogP contribution in [0, 0.1) is 29.1 Å². The van der Waals surface area contributed by atoms with Gasteiger partial charge < -0.3 is 9.47 Å². The zero-order chi connectivity index (χ0) is 21.9. The number of nitriles is 1. The number of nitrogens with zero attached hydrogens (tertiary/aromatic N) is 1. The van der Waals surface area contributed by atoms with Crippen molar-refractivity contribution in [1.82, 2.24) is 0 Å². The molecule has 2 aromatic carbocycles. The molecule has 1 saturated carbocycles. The minimum absolute atomic E-state index is 0.360. The molecule has 3 rings (SSSR count). The summed E-state index contributed by atoms with van der Waals surface area (Å²) in [5.74, 6) is -1.51. The van der Waals surface area contributed by atoms with Crippen LogP contribution < -0.4 is 4.74 Å². The highest BCUT2D eigenvalue weighted by Gasteiger charge is 2.53. The number of halogens is 4. The van der Waals surface area contributed by atoms with Gasteiger partial charge in [-0.15, -0.1) is 0 Å². The first-order valence-corrected chi connectivity index (χ1v) is 9.46. The van der Waals surface area contributed by atoms with Crippen molar-refractivity contribution in [3.8, 4) is 17.6 Å². The third-order valence-electron chi connectivity index (χ3n) is 4.82. The second-order valence-corrected chi connectivity index (χ2v) is 7.32. The molecule has 1 aliphatic rings. The average molecular weight is 436 g/mol. The van der Waals surface area contributed by atoms with E-state index in [1.165, 1.54) is 0 Å². The quantitative estimate of drug-likeness (QED) is 0.510. The lowest BCUT2D eigenvalue weighted by atomic mass is 10.1. The summed E-state index contributed by atoms with van der Waals surface area (Å²) in [7, 11) is 0. The van der Waals surface area contributed by atoms with Crippen molar-refractivity contribution in [3.63, 3.8) is 0 Å². The smallest absolute Gasteiger partial charge is 0.426 e. The molecule has 0 heterocycles. The van der Waals surface area contributed by atoms with Gasteiger partial charge in [0.2, 0.25) is 6.10 Å². The number of rotatable bonds is 6. The first-order valence-electron chi connectivity index (χ1n) is 9.08. The number of allylic oxidation sites excluding steroid dienone is 2. The van der Waals surface area contributed by atoms with Gasteiger partial charge in [-0.1, -0.05) is 54.9 Å². The first kappa shape index (κ1) is 21.7. The van der Waals surface area contributed by atoms with E-state index in [1.807, 2.05) is 24.3 Å². The summed E-state index contributed by atoms with van der Waals surface area (Å²) in [5.41, 5.74) is 0.396. The molecule has 1 unspecified atom stereocenters. The summed E-state index contributed by atoms with van der Waals surface area (Å²) in [6.07, 6.45) is -5.05. The van der Waals surface area contributed by atoms with Crippen molar-refractivity contribution in [2.45, 2.75) is 19.2 Å². The average Bonchev–Trinajstić information content (AvgIpc) is 3.35. The van der Waals surface area contributed by atoms with Crippen molar-refractivity contribution < 1.29 is 27.4 Å². The Morgan fingerprint density at radius 1 is 1.17 bits per heavy atom. The van der Waals surface area contributed by atoms with Gasteiger partial charge in [-0.2, -0.15) is 18.4 Å². The predicted octanol–water partition coefficient (Wildman–Crippen LogP) is 6.15. The van der Waals surface area contributed by atoms with E-state index in [1.54, 1.807) is 43.3 Å². The molecular weight excluding hydrogens is 419 g/mol. The van der Waals surface area contributed by atoms with Crippen molar-refractivity contribution in [2.75, 3.05) is 0 Å². The fourth-order valence-electron chi connectivity index (χ4n) is 3.11. The molecule has 1 aliphatic carbocycles. The van der Waals surface area contributed by atoms with Crippen LogP contribution in [0.5, 0.6) is 11.5 Å². The molecule has 0 aromatic heterocycles. The Kier molecular flexibility index (Phi) is 6.37. The van der Waals surface area contributed by atoms with E-state index in [2.05, 4.69) is 0 Å². The molecule has 4 atom stereocenters. The maximum Gasteiger partial charge on any atom is 0.426 e. The zero-order valence-electron chi connectivity index (χ0n) is 15.8. The fraction of sp³-hybridized carbons (Fsp3) is 0.273. The number of carbonyl (C=O) groups excluding carboxylic acids is 1. The molecule has 2 aromatic rings. The maximum absolute atomic E-state index is 12.6. The van der Waals surface area contributed by atoms with E-state index in [-0.39, 0.29) is 5.92 Å². The van der Waals surface area contributed by atoms with Crippen LogP contribution in [-0.2, 0) is 9.53 Å². The molecule has 0 spiro atoms. The van der Waals surface area contributed by atoms with Gasteiger partial charge in [0.15, 0.2) is 0 Å². The van der Waals surface area contributed by atoms with Gasteiger partial charge >= 0.3 is 12.1 Å². The van der Waals surface area contributed by atoms with E-state index in [0.717, 1.165) is 6.08 Å². The van der Waals surface area contributed by atoms with Crippen LogP contribution in [0.25, 0.3) is 0 Å². The minimum Gasteiger partial charge on any atom is -0.457 e. The van der Waals surface area contributed by atoms with Crippen molar-refractivity contribution >= 4 is 17.6 Å². The largest absolute Gasteiger partial charge is 0.457 e. The van der Waals surface area contributed by atoms with Crippen LogP contribution in [0.3, 0.4) is 0 Å². The zero-order valence-corrected chi connectivity index (χ0v) is 16.5. The minimum atomic E-state index is -4.66. The SMILES string of the molecule is CC1[C@@H](/C=C(\Cl)C(F)(F)F)[C@H]1C(=O)O[C@H](C#N)c1cccc(Oc2ccccc2)c1. The lowest BCUT2D eigenvalue weighted by Gasteiger charge is -2.13. The summed E-state index contributed by atoms with van der Waals surface area (Å²) >= 11 is 5.26. The molecule has 0 aliphatic heterocycles. The predicted molar refractivity (Wildman–Crippen MR) is 104 cm³/mol. The van der Waals surface area contributed by atoms with Crippen molar-refractivity contribution in [1.29, 1.82) is 5.26 Å². The molecule has 0 N–H and O–H groups in total. The summed E-state index contributed by atoms with van der Waals surface area (Å²) in [5, 5.41) is 8.18. The van der Waals surface area contributed by atoms with Crippen LogP contribution in [0.15, 0.2) is 65.7 Å². The molecule has 8 heteroatoms. The van der Waals surface area contributed by atoms with Gasteiger partial charge in [-0.25, -0.2) is 0 Å². The Labute approximate surface area is 176 Å². The van der Waals surface area contributed by atoms with Gasteiger partial charge in [0, 0.05) is 5.56 Å². The number of hydrogen-bond donors (Lipinski definition) is 0. The van der Waals surface area contributed by atoms with Gasteiger partial charge in [0.1, 0.15) is 22.6 Å². The topological polar surface area (TPSA) is 59.3 Å². The Balaban J connectivity index is 1.68. The number of ether oxygens (including phenoxy) is 2. The highest BCUT2D eigenvalue weighted by Crippen LogP contribution is 2.50. The van der Waals surface area contributed by atoms with Gasteiger partial charge in [0.05, 0.1) is 5.92 Å². The third kappa shape index (κ3) is 5.14. The summed E-state index contributed by atoms with van der Waals surface area (Å²) in [4.78, 5) is 12.4. The van der Waals surface area contributed by atoms with E-state index in [4.69, 9.17) is 21.1 Å². The fourth-order valence-corrected chi connectivity index (χ4v) is 3.26. The van der Waals surface area contributed by atoms with Gasteiger partial charge in [0.25, 0.3) is 0 Å². The number of carbonyl (C=O) groups is 1. The highest BCUT2D eigenvalue weighted by atomic mass is 35.5. The van der Waals surface area contributed by atoms with Gasteiger partial charge in [-0.3, -0.25) is 4.79 Å². The highest BCUT2D eigenvalue weighted by molar-refractivity contribution is 6.30. The number of esters is 1. The van der Waals surface area contributed by atoms with Crippen molar-refractivity contribution in [3.05, 3.63) is 71.3 Å². The van der Waals surface area contributed by atoms with Crippen LogP contribution in [-0.4, -0.2) is 12.1 Å². The van der Waals surface area contributed by atoms with Crippen LogP contribution in [0.2, 0.25) is 0 Å². The standard InChI is InChI=1S/C22H17ClF3NO3/c1-13-17(11-19(23)22(24,25)26)20(13)21(28)30-18(12-27)14-6-5-9-16(10-14)29-15-7-3-2-4-8-15/h2-11,13,17-18,20H,1H3/b19-11-/t13?,17-,18-,20+/m1/s1. The second-order valence-electron chi connectivity index (χ2n) is 6.91. The maximum atomic E-state index is 12.6. The summed E-state index contributed by atoms with van der Waals surface area (Å²) in [6.45, 7) is 1.63. The molecule has 156 valence electrons. The number of para-hydroxylation sites is 1. The number of benzene rings is 2. The second kappa shape index (κ2) is 8.80. The number of alkyl halides is 3. The molecule has 0 saturated heterocycles. The van der Waals surface area contributed by atoms with E-state index >= 15 is 0 Å². The Morgan fingerprint density at radius 2 is 1.83 bits per heavy atom. The van der Waals surface area contributed by atoms with Gasteiger partial charge in [-0.05, 0) is 36.1 Å². The molecule has 1 fully saturated rings. The Hall–Kier alpha value is -2.98.